The van der Waals surface area contributed by atoms with Crippen LogP contribution in [0.1, 0.15) is 12.5 Å². The van der Waals surface area contributed by atoms with E-state index in [1.165, 1.54) is 5.56 Å². The van der Waals surface area contributed by atoms with Crippen LogP contribution in [0.4, 0.5) is 0 Å². The Morgan fingerprint density at radius 3 is 2.50 bits per heavy atom. The first-order chi connectivity index (χ1) is 5.72. The average molecular weight is 183 g/mol. The highest BCUT2D eigenvalue weighted by Crippen LogP contribution is 2.11. The number of benzene rings is 1. The van der Waals surface area contributed by atoms with E-state index in [1.54, 1.807) is 12.1 Å². The van der Waals surface area contributed by atoms with Crippen molar-refractivity contribution in [3.63, 3.8) is 0 Å². The molecule has 0 saturated carbocycles. The van der Waals surface area contributed by atoms with Gasteiger partial charge in [0.25, 0.3) is 0 Å². The van der Waals surface area contributed by atoms with Gasteiger partial charge in [-0.05, 0) is 31.0 Å². The molecule has 0 radical (unpaired) electrons. The van der Waals surface area contributed by atoms with E-state index in [0.29, 0.717) is 11.8 Å². The maximum Gasteiger partial charge on any atom is 0.115 e. The van der Waals surface area contributed by atoms with E-state index in [0.717, 1.165) is 6.42 Å². The van der Waals surface area contributed by atoms with Crippen molar-refractivity contribution >= 4 is 9.39 Å². The summed E-state index contributed by atoms with van der Waals surface area (Å²) in [6, 6.07) is 7.75. The van der Waals surface area contributed by atoms with Crippen molar-refractivity contribution in [3.8, 4) is 5.75 Å². The summed E-state index contributed by atoms with van der Waals surface area (Å²) in [7, 11) is 2.50. The lowest BCUT2D eigenvalue weighted by molar-refractivity contribution is 0.475. The normalized spacial score (nSPS) is 12.8. The second-order valence-electron chi connectivity index (χ2n) is 2.94. The lowest BCUT2D eigenvalue weighted by Gasteiger charge is -2.09. The van der Waals surface area contributed by atoms with Crippen LogP contribution in [0.25, 0.3) is 0 Å². The molecule has 0 bridgehead atoms. The van der Waals surface area contributed by atoms with Gasteiger partial charge in [0.15, 0.2) is 0 Å². The fourth-order valence-electron chi connectivity index (χ4n) is 1.04. The summed E-state index contributed by atoms with van der Waals surface area (Å²) in [5, 5.41) is 12.1. The average Bonchev–Trinajstić information content (AvgIpc) is 2.09. The summed E-state index contributed by atoms with van der Waals surface area (Å²) in [6.45, 7) is 2.11. The monoisotopic (exact) mass is 183 g/mol. The fourth-order valence-corrected chi connectivity index (χ4v) is 1.16. The summed E-state index contributed by atoms with van der Waals surface area (Å²) in [5.74, 6) is 0.324. The highest BCUT2D eigenvalue weighted by Gasteiger charge is 1.99. The minimum atomic E-state index is 0.324. The van der Waals surface area contributed by atoms with E-state index in [1.807, 2.05) is 12.1 Å². The van der Waals surface area contributed by atoms with Crippen LogP contribution in [0.2, 0.25) is 0 Å². The number of aromatic hydroxyl groups is 1. The largest absolute Gasteiger partial charge is 0.508 e. The smallest absolute Gasteiger partial charge is 0.115 e. The Hall–Kier alpha value is -0.590. The molecule has 0 heterocycles. The van der Waals surface area contributed by atoms with Gasteiger partial charge in [-0.25, -0.2) is 0 Å². The Bertz CT molecular complexity index is 235. The van der Waals surface area contributed by atoms with Crippen LogP contribution < -0.4 is 5.09 Å². The fraction of sp³-hybridized carbons (Fsp3) is 0.333. The van der Waals surface area contributed by atoms with Crippen LogP contribution in [0.5, 0.6) is 5.75 Å². The van der Waals surface area contributed by atoms with Gasteiger partial charge in [0, 0.05) is 6.04 Å². The molecular formula is C9H14NOP. The molecule has 2 nitrogen and oxygen atoms in total. The van der Waals surface area contributed by atoms with E-state index in [2.05, 4.69) is 21.4 Å². The first-order valence-electron chi connectivity index (χ1n) is 3.96. The van der Waals surface area contributed by atoms with E-state index in [-0.39, 0.29) is 0 Å². The second-order valence-corrected chi connectivity index (χ2v) is 3.27. The van der Waals surface area contributed by atoms with Crippen LogP contribution in [-0.4, -0.2) is 11.1 Å². The zero-order valence-corrected chi connectivity index (χ0v) is 8.27. The van der Waals surface area contributed by atoms with Crippen molar-refractivity contribution in [1.82, 2.24) is 5.09 Å². The van der Waals surface area contributed by atoms with Crippen molar-refractivity contribution < 1.29 is 5.11 Å². The Balaban J connectivity index is 2.58. The maximum absolute atomic E-state index is 9.03. The number of phenolic OH excluding ortho intramolecular Hbond substituents is 1. The first kappa shape index (κ1) is 9.50. The van der Waals surface area contributed by atoms with Gasteiger partial charge < -0.3 is 5.11 Å². The predicted molar refractivity (Wildman–Crippen MR) is 54.1 cm³/mol. The van der Waals surface area contributed by atoms with Gasteiger partial charge in [0.05, 0.1) is 0 Å². The molecule has 0 saturated heterocycles. The van der Waals surface area contributed by atoms with Gasteiger partial charge in [-0.15, -0.1) is 0 Å². The predicted octanol–water partition coefficient (Wildman–Crippen LogP) is 1.70. The van der Waals surface area contributed by atoms with Crippen LogP contribution in [0.3, 0.4) is 0 Å². The summed E-state index contributed by atoms with van der Waals surface area (Å²) in [4.78, 5) is 0. The van der Waals surface area contributed by atoms with E-state index < -0.39 is 0 Å². The molecule has 3 heteroatoms. The highest BCUT2D eigenvalue weighted by molar-refractivity contribution is 7.13. The molecule has 12 heavy (non-hydrogen) atoms. The standard InChI is InChI=1S/C9H14NOP/c1-7(10-12)6-8-2-4-9(11)5-3-8/h2-5,7,10-11H,6,12H2,1H3. The minimum absolute atomic E-state index is 0.324. The minimum Gasteiger partial charge on any atom is -0.508 e. The molecule has 2 unspecified atom stereocenters. The molecule has 0 aliphatic heterocycles. The topological polar surface area (TPSA) is 32.3 Å². The molecule has 1 rings (SSSR count). The van der Waals surface area contributed by atoms with Crippen molar-refractivity contribution in [2.24, 2.45) is 0 Å². The SMILES string of the molecule is CC(Cc1ccc(O)cc1)NP. The molecule has 0 spiro atoms. The molecule has 0 aliphatic rings. The summed E-state index contributed by atoms with van der Waals surface area (Å²) in [5.41, 5.74) is 1.23. The Labute approximate surface area is 75.3 Å². The zero-order valence-electron chi connectivity index (χ0n) is 7.12. The van der Waals surface area contributed by atoms with Crippen LogP contribution in [0, 0.1) is 0 Å². The third kappa shape index (κ3) is 2.80. The maximum atomic E-state index is 9.03. The Kier molecular flexibility index (Phi) is 3.51. The van der Waals surface area contributed by atoms with Crippen LogP contribution in [0.15, 0.2) is 24.3 Å². The Morgan fingerprint density at radius 1 is 1.42 bits per heavy atom. The van der Waals surface area contributed by atoms with Crippen molar-refractivity contribution in [3.05, 3.63) is 29.8 Å². The molecule has 2 atom stereocenters. The van der Waals surface area contributed by atoms with Gasteiger partial charge in [0.1, 0.15) is 5.75 Å². The molecule has 66 valence electrons. The third-order valence-electron chi connectivity index (χ3n) is 1.76. The summed E-state index contributed by atoms with van der Waals surface area (Å²) >= 11 is 0. The van der Waals surface area contributed by atoms with E-state index in [9.17, 15) is 0 Å². The number of phenols is 1. The van der Waals surface area contributed by atoms with Gasteiger partial charge in [-0.1, -0.05) is 21.5 Å². The van der Waals surface area contributed by atoms with E-state index in [4.69, 9.17) is 5.11 Å². The van der Waals surface area contributed by atoms with Crippen LogP contribution in [-0.2, 0) is 6.42 Å². The third-order valence-corrected chi connectivity index (χ3v) is 2.33. The number of hydrogen-bond acceptors (Lipinski definition) is 2. The van der Waals surface area contributed by atoms with Gasteiger partial charge in [-0.2, -0.15) is 0 Å². The molecule has 0 aromatic heterocycles. The zero-order chi connectivity index (χ0) is 8.97. The molecule has 1 aromatic rings. The summed E-state index contributed by atoms with van der Waals surface area (Å²) in [6.07, 6.45) is 0.976. The van der Waals surface area contributed by atoms with Crippen molar-refractivity contribution in [2.75, 3.05) is 0 Å². The molecule has 0 aliphatic carbocycles. The number of hydrogen-bond donors (Lipinski definition) is 2. The lowest BCUT2D eigenvalue weighted by atomic mass is 10.1. The van der Waals surface area contributed by atoms with Gasteiger partial charge in [0.2, 0.25) is 0 Å². The number of rotatable bonds is 3. The quantitative estimate of drug-likeness (QED) is 0.699. The summed E-state index contributed by atoms with van der Waals surface area (Å²) < 4.78 is 0. The molecule has 1 aromatic carbocycles. The van der Waals surface area contributed by atoms with E-state index >= 15 is 0 Å². The van der Waals surface area contributed by atoms with Gasteiger partial charge in [-0.3, -0.25) is 5.09 Å². The first-order valence-corrected chi connectivity index (χ1v) is 4.54. The molecule has 0 fully saturated rings. The van der Waals surface area contributed by atoms with Crippen LogP contribution >= 0.6 is 9.39 Å². The van der Waals surface area contributed by atoms with Crippen molar-refractivity contribution in [2.45, 2.75) is 19.4 Å². The Morgan fingerprint density at radius 2 is 2.00 bits per heavy atom. The molecule has 0 amide bonds. The highest BCUT2D eigenvalue weighted by atomic mass is 31.0. The number of nitrogens with one attached hydrogen (secondary N) is 1. The van der Waals surface area contributed by atoms with Crippen molar-refractivity contribution in [1.29, 1.82) is 0 Å². The second kappa shape index (κ2) is 4.44. The lowest BCUT2D eigenvalue weighted by Crippen LogP contribution is -2.18. The molecule has 2 N–H and O–H groups in total. The van der Waals surface area contributed by atoms with Gasteiger partial charge >= 0.3 is 0 Å². The molecular weight excluding hydrogens is 169 g/mol.